The Balaban J connectivity index is 2.03. The van der Waals surface area contributed by atoms with Gasteiger partial charge in [-0.2, -0.15) is 0 Å². The van der Waals surface area contributed by atoms with E-state index in [9.17, 15) is 14.7 Å². The lowest BCUT2D eigenvalue weighted by Crippen LogP contribution is -2.30. The third kappa shape index (κ3) is 3.95. The Morgan fingerprint density at radius 3 is 2.19 bits per heavy atom. The maximum Gasteiger partial charge on any atom is 0.295 e. The van der Waals surface area contributed by atoms with Crippen LogP contribution in [-0.2, 0) is 9.59 Å². The van der Waals surface area contributed by atoms with Crippen LogP contribution in [0.25, 0.3) is 5.76 Å². The Hall–Kier alpha value is -2.88. The van der Waals surface area contributed by atoms with Gasteiger partial charge in [-0.3, -0.25) is 9.59 Å². The molecule has 1 heterocycles. The van der Waals surface area contributed by atoms with Crippen LogP contribution in [0.2, 0.25) is 0 Å². The third-order valence-electron chi connectivity index (χ3n) is 4.96. The first-order valence-corrected chi connectivity index (χ1v) is 9.54. The number of hydrogen-bond donors (Lipinski definition) is 1. The molecule has 1 saturated heterocycles. The highest BCUT2D eigenvalue weighted by Crippen LogP contribution is 2.39. The van der Waals surface area contributed by atoms with Crippen LogP contribution >= 0.6 is 0 Å². The zero-order valence-corrected chi connectivity index (χ0v) is 15.6. The number of amides is 1. The fraction of sp³-hybridized carbons (Fsp3) is 0.304. The molecule has 4 heteroatoms. The van der Waals surface area contributed by atoms with Gasteiger partial charge in [0.15, 0.2) is 0 Å². The van der Waals surface area contributed by atoms with Crippen LogP contribution < -0.4 is 0 Å². The number of aliphatic hydroxyl groups is 1. The molecule has 0 radical (unpaired) electrons. The maximum absolute atomic E-state index is 12.8. The van der Waals surface area contributed by atoms with E-state index in [0.717, 1.165) is 31.2 Å². The molecule has 0 aromatic heterocycles. The number of benzene rings is 2. The van der Waals surface area contributed by atoms with Crippen molar-refractivity contribution in [2.24, 2.45) is 0 Å². The van der Waals surface area contributed by atoms with E-state index in [1.165, 1.54) is 0 Å². The number of carbonyl (C=O) groups is 2. The molecule has 1 aliphatic rings. The van der Waals surface area contributed by atoms with E-state index in [1.807, 2.05) is 36.4 Å². The van der Waals surface area contributed by atoms with Gasteiger partial charge in [-0.05, 0) is 12.0 Å². The monoisotopic (exact) mass is 363 g/mol. The summed E-state index contributed by atoms with van der Waals surface area (Å²) in [6.45, 7) is 2.64. The molecule has 2 aromatic carbocycles. The van der Waals surface area contributed by atoms with E-state index in [2.05, 4.69) is 6.92 Å². The summed E-state index contributed by atoms with van der Waals surface area (Å²) in [5.74, 6) is -1.25. The Bertz CT molecular complexity index is 827. The van der Waals surface area contributed by atoms with Crippen molar-refractivity contribution in [3.05, 3.63) is 77.4 Å². The molecule has 140 valence electrons. The number of unbranched alkanes of at least 4 members (excludes halogenated alkanes) is 3. The molecule has 0 bridgehead atoms. The molecule has 27 heavy (non-hydrogen) atoms. The lowest BCUT2D eigenvalue weighted by Gasteiger charge is -2.25. The lowest BCUT2D eigenvalue weighted by atomic mass is 9.95. The normalized spacial score (nSPS) is 18.9. The number of nitrogens with zero attached hydrogens (tertiary/aromatic N) is 1. The Labute approximate surface area is 160 Å². The molecule has 4 nitrogen and oxygen atoms in total. The van der Waals surface area contributed by atoms with Gasteiger partial charge in [-0.15, -0.1) is 0 Å². The summed E-state index contributed by atoms with van der Waals surface area (Å²) < 4.78 is 0. The van der Waals surface area contributed by atoms with Crippen molar-refractivity contribution in [1.29, 1.82) is 0 Å². The van der Waals surface area contributed by atoms with Crippen molar-refractivity contribution < 1.29 is 14.7 Å². The maximum atomic E-state index is 12.8. The van der Waals surface area contributed by atoms with Crippen LogP contribution in [0.3, 0.4) is 0 Å². The Morgan fingerprint density at radius 2 is 1.56 bits per heavy atom. The number of Topliss-reactive ketones (excluding diaryl/α,β-unsaturated/α-hetero) is 1. The molecule has 1 unspecified atom stereocenters. The van der Waals surface area contributed by atoms with E-state index in [4.69, 9.17) is 0 Å². The number of aliphatic hydroxyl groups excluding tert-OH is 1. The zero-order valence-electron chi connectivity index (χ0n) is 15.6. The molecule has 3 rings (SSSR count). The summed E-state index contributed by atoms with van der Waals surface area (Å²) in [4.78, 5) is 27.1. The van der Waals surface area contributed by atoms with Gasteiger partial charge in [0.2, 0.25) is 0 Å². The van der Waals surface area contributed by atoms with Crippen LogP contribution in [0.15, 0.2) is 66.2 Å². The second kappa shape index (κ2) is 8.67. The van der Waals surface area contributed by atoms with Crippen LogP contribution in [0.5, 0.6) is 0 Å². The van der Waals surface area contributed by atoms with Crippen molar-refractivity contribution in [3.63, 3.8) is 0 Å². The van der Waals surface area contributed by atoms with E-state index < -0.39 is 17.7 Å². The molecule has 0 aliphatic carbocycles. The topological polar surface area (TPSA) is 57.6 Å². The van der Waals surface area contributed by atoms with Gasteiger partial charge < -0.3 is 10.0 Å². The van der Waals surface area contributed by atoms with E-state index >= 15 is 0 Å². The molecule has 1 fully saturated rings. The van der Waals surface area contributed by atoms with E-state index in [0.29, 0.717) is 12.1 Å². The molecule has 1 N–H and O–H groups in total. The van der Waals surface area contributed by atoms with Gasteiger partial charge >= 0.3 is 0 Å². The van der Waals surface area contributed by atoms with Crippen LogP contribution in [0.1, 0.15) is 49.8 Å². The first-order chi connectivity index (χ1) is 13.1. The highest BCUT2D eigenvalue weighted by atomic mass is 16.3. The number of hydrogen-bond acceptors (Lipinski definition) is 3. The van der Waals surface area contributed by atoms with E-state index in [1.54, 1.807) is 29.2 Å². The van der Waals surface area contributed by atoms with Crippen LogP contribution in [0, 0.1) is 0 Å². The summed E-state index contributed by atoms with van der Waals surface area (Å²) in [7, 11) is 0. The van der Waals surface area contributed by atoms with Crippen molar-refractivity contribution in [2.45, 2.75) is 38.6 Å². The predicted octanol–water partition coefficient (Wildman–Crippen LogP) is 4.69. The number of likely N-dealkylation sites (tertiary alicyclic amines) is 1. The fourth-order valence-electron chi connectivity index (χ4n) is 3.55. The van der Waals surface area contributed by atoms with Crippen molar-refractivity contribution in [1.82, 2.24) is 4.90 Å². The summed E-state index contributed by atoms with van der Waals surface area (Å²) >= 11 is 0. The van der Waals surface area contributed by atoms with Gasteiger partial charge in [-0.25, -0.2) is 0 Å². The molecule has 1 amide bonds. The van der Waals surface area contributed by atoms with Crippen molar-refractivity contribution in [3.8, 4) is 0 Å². The Kier molecular flexibility index (Phi) is 6.07. The first-order valence-electron chi connectivity index (χ1n) is 9.54. The average molecular weight is 363 g/mol. The second-order valence-corrected chi connectivity index (χ2v) is 6.83. The third-order valence-corrected chi connectivity index (χ3v) is 4.96. The quantitative estimate of drug-likeness (QED) is 0.336. The zero-order chi connectivity index (χ0) is 19.2. The minimum absolute atomic E-state index is 0.112. The predicted molar refractivity (Wildman–Crippen MR) is 106 cm³/mol. The number of rotatable bonds is 7. The van der Waals surface area contributed by atoms with Crippen molar-refractivity contribution >= 4 is 17.4 Å². The first kappa shape index (κ1) is 18.9. The number of carbonyl (C=O) groups excluding carboxylic acids is 2. The molecule has 0 spiro atoms. The fourth-order valence-corrected chi connectivity index (χ4v) is 3.55. The largest absolute Gasteiger partial charge is 0.507 e. The highest BCUT2D eigenvalue weighted by Gasteiger charge is 2.45. The average Bonchev–Trinajstić information content (AvgIpc) is 2.97. The van der Waals surface area contributed by atoms with Gasteiger partial charge in [-0.1, -0.05) is 86.8 Å². The molecule has 1 atom stereocenters. The standard InChI is InChI=1S/C23H25NO3/c1-2-3-4-11-16-24-20(17-12-7-5-8-13-17)19(22(26)23(24)27)21(25)18-14-9-6-10-15-18/h5-10,12-15,20,25H,2-4,11,16H2,1H3/b21-19+. The van der Waals surface area contributed by atoms with Crippen LogP contribution in [0.4, 0.5) is 0 Å². The van der Waals surface area contributed by atoms with Gasteiger partial charge in [0, 0.05) is 12.1 Å². The lowest BCUT2D eigenvalue weighted by molar-refractivity contribution is -0.139. The molecule has 0 saturated carbocycles. The minimum atomic E-state index is -0.610. The summed E-state index contributed by atoms with van der Waals surface area (Å²) in [5, 5.41) is 10.8. The van der Waals surface area contributed by atoms with Crippen molar-refractivity contribution in [2.75, 3.05) is 6.54 Å². The number of ketones is 1. The van der Waals surface area contributed by atoms with Crippen LogP contribution in [-0.4, -0.2) is 28.2 Å². The SMILES string of the molecule is CCCCCCN1C(=O)C(=O)/C(=C(/O)c2ccccc2)C1c1ccccc1. The summed E-state index contributed by atoms with van der Waals surface area (Å²) in [6.07, 6.45) is 4.06. The minimum Gasteiger partial charge on any atom is -0.507 e. The van der Waals surface area contributed by atoms with Gasteiger partial charge in [0.05, 0.1) is 11.6 Å². The molecule has 2 aromatic rings. The summed E-state index contributed by atoms with van der Waals surface area (Å²) in [5.41, 5.74) is 1.56. The smallest absolute Gasteiger partial charge is 0.295 e. The Morgan fingerprint density at radius 1 is 0.926 bits per heavy atom. The van der Waals surface area contributed by atoms with E-state index in [-0.39, 0.29) is 11.3 Å². The molecular formula is C23H25NO3. The van der Waals surface area contributed by atoms with Gasteiger partial charge in [0.1, 0.15) is 5.76 Å². The molecule has 1 aliphatic heterocycles. The van der Waals surface area contributed by atoms with Gasteiger partial charge in [0.25, 0.3) is 11.7 Å². The second-order valence-electron chi connectivity index (χ2n) is 6.83. The highest BCUT2D eigenvalue weighted by molar-refractivity contribution is 6.46. The summed E-state index contributed by atoms with van der Waals surface area (Å²) in [6, 6.07) is 17.8. The molecular weight excluding hydrogens is 338 g/mol.